The number of hydrogen-bond donors (Lipinski definition) is 4. The number of nitrogens with zero attached hydrogens (tertiary/aromatic N) is 2. The summed E-state index contributed by atoms with van der Waals surface area (Å²) in [5.74, 6) is -1.94. The number of nitrogens with one attached hydrogen (secondary N) is 1. The Morgan fingerprint density at radius 3 is 2.53 bits per heavy atom. The van der Waals surface area contributed by atoms with Gasteiger partial charge in [-0.3, -0.25) is 10.2 Å². The molecule has 5 N–H and O–H groups in total. The van der Waals surface area contributed by atoms with E-state index in [1.54, 1.807) is 0 Å². The van der Waals surface area contributed by atoms with Gasteiger partial charge in [-0.25, -0.2) is 4.79 Å². The van der Waals surface area contributed by atoms with E-state index in [9.17, 15) is 9.59 Å². The van der Waals surface area contributed by atoms with Crippen LogP contribution in [-0.2, 0) is 9.59 Å². The molecule has 0 saturated heterocycles. The lowest BCUT2D eigenvalue weighted by Crippen LogP contribution is -2.37. The molecule has 0 spiro atoms. The minimum absolute atomic E-state index is 0.0410. The van der Waals surface area contributed by atoms with Gasteiger partial charge in [0.1, 0.15) is 12.3 Å². The molecule has 0 aromatic rings. The zero-order valence-electron chi connectivity index (χ0n) is 9.21. The Bertz CT molecular complexity index is 344. The van der Waals surface area contributed by atoms with Crippen LogP contribution in [0.1, 0.15) is 6.42 Å². The van der Waals surface area contributed by atoms with E-state index in [2.05, 4.69) is 4.40 Å². The van der Waals surface area contributed by atoms with Crippen molar-refractivity contribution >= 4 is 35.6 Å². The lowest BCUT2D eigenvalue weighted by atomic mass is 10.3. The number of carbonyl (C=O) groups is 2. The fraction of sp³-hybridized carbons (Fsp3) is 0.500. The lowest BCUT2D eigenvalue weighted by molar-refractivity contribution is -0.137. The van der Waals surface area contributed by atoms with Crippen molar-refractivity contribution in [3.63, 3.8) is 0 Å². The van der Waals surface area contributed by atoms with E-state index in [1.165, 1.54) is 11.9 Å². The number of rotatable bonds is 7. The summed E-state index contributed by atoms with van der Waals surface area (Å²) in [5, 5.41) is 23.9. The van der Waals surface area contributed by atoms with Gasteiger partial charge in [0.05, 0.1) is 0 Å². The van der Waals surface area contributed by atoms with Crippen LogP contribution in [0.25, 0.3) is 0 Å². The summed E-state index contributed by atoms with van der Waals surface area (Å²) in [6.45, 7) is -0.263. The Labute approximate surface area is 102 Å². The van der Waals surface area contributed by atoms with Crippen LogP contribution in [0.3, 0.4) is 0 Å². The van der Waals surface area contributed by atoms with Crippen LogP contribution in [0.15, 0.2) is 4.40 Å². The molecule has 9 heteroatoms. The molecule has 0 aliphatic rings. The highest BCUT2D eigenvalue weighted by Crippen LogP contribution is 2.05. The maximum absolute atomic E-state index is 10.4. The van der Waals surface area contributed by atoms with Crippen molar-refractivity contribution in [1.82, 2.24) is 4.90 Å². The van der Waals surface area contributed by atoms with Gasteiger partial charge < -0.3 is 20.8 Å². The number of nitrogens with two attached hydrogens (primary N) is 1. The molecule has 17 heavy (non-hydrogen) atoms. The van der Waals surface area contributed by atoms with Crippen LogP contribution in [0.5, 0.6) is 0 Å². The zero-order chi connectivity index (χ0) is 13.4. The van der Waals surface area contributed by atoms with Gasteiger partial charge in [-0.2, -0.15) is 4.40 Å². The molecule has 0 rings (SSSR count). The summed E-state index contributed by atoms with van der Waals surface area (Å²) in [5.41, 5.74) is 5.07. The first-order chi connectivity index (χ1) is 7.84. The fourth-order valence-corrected chi connectivity index (χ4v) is 1.38. The standard InChI is InChI=1S/C8H14N4O4S/c1-12(4-6(13)14)8(10)11-17-3-2-5(9)7(15)16/h9H,2-4H2,1H3,(H2,10,11)(H,13,14)(H,15,16). The Morgan fingerprint density at radius 2 is 2.06 bits per heavy atom. The van der Waals surface area contributed by atoms with Crippen LogP contribution in [-0.4, -0.2) is 58.1 Å². The molecule has 8 nitrogen and oxygen atoms in total. The molecule has 0 aliphatic heterocycles. The number of guanidine groups is 1. The van der Waals surface area contributed by atoms with Crippen molar-refractivity contribution in [2.75, 3.05) is 19.3 Å². The van der Waals surface area contributed by atoms with E-state index in [-0.39, 0.29) is 18.9 Å². The average Bonchev–Trinajstić information content (AvgIpc) is 2.22. The molecule has 0 fully saturated rings. The SMILES string of the molecule is CN(CC(=O)O)C(N)=NSCCC(=N)C(=O)O. The van der Waals surface area contributed by atoms with E-state index < -0.39 is 17.7 Å². The number of likely N-dealkylation sites (N-methyl/N-ethyl adjacent to an activating group) is 1. The predicted octanol–water partition coefficient (Wildman–Crippen LogP) is -0.540. The molecule has 0 atom stereocenters. The first kappa shape index (κ1) is 15.2. The van der Waals surface area contributed by atoms with Gasteiger partial charge in [0.25, 0.3) is 0 Å². The molecule has 0 unspecified atom stereocenters. The highest BCUT2D eigenvalue weighted by Gasteiger charge is 2.08. The first-order valence-electron chi connectivity index (χ1n) is 4.53. The Kier molecular flexibility index (Phi) is 6.71. The molecule has 0 heterocycles. The van der Waals surface area contributed by atoms with Gasteiger partial charge in [0.2, 0.25) is 5.96 Å². The van der Waals surface area contributed by atoms with Gasteiger partial charge in [0, 0.05) is 19.2 Å². The highest BCUT2D eigenvalue weighted by atomic mass is 32.2. The predicted molar refractivity (Wildman–Crippen MR) is 64.3 cm³/mol. The van der Waals surface area contributed by atoms with Crippen molar-refractivity contribution in [3.05, 3.63) is 0 Å². The second-order valence-electron chi connectivity index (χ2n) is 3.07. The first-order valence-corrected chi connectivity index (χ1v) is 5.48. The van der Waals surface area contributed by atoms with Crippen molar-refractivity contribution < 1.29 is 19.8 Å². The highest BCUT2D eigenvalue weighted by molar-refractivity contribution is 7.98. The molecule has 0 bridgehead atoms. The van der Waals surface area contributed by atoms with Crippen LogP contribution in [0, 0.1) is 5.41 Å². The number of aliphatic carboxylic acids is 2. The Morgan fingerprint density at radius 1 is 1.47 bits per heavy atom. The average molecular weight is 262 g/mol. The number of carboxylic acids is 2. The molecule has 0 aromatic heterocycles. The molecular weight excluding hydrogens is 248 g/mol. The summed E-state index contributed by atoms with van der Waals surface area (Å²) in [6, 6.07) is 0. The monoisotopic (exact) mass is 262 g/mol. The molecular formula is C8H14N4O4S. The third kappa shape index (κ3) is 7.17. The van der Waals surface area contributed by atoms with Gasteiger partial charge in [-0.1, -0.05) is 0 Å². The number of hydrogen-bond acceptors (Lipinski definition) is 5. The van der Waals surface area contributed by atoms with Crippen LogP contribution in [0.2, 0.25) is 0 Å². The minimum atomic E-state index is -1.26. The summed E-state index contributed by atoms with van der Waals surface area (Å²) in [4.78, 5) is 21.9. The van der Waals surface area contributed by atoms with Crippen molar-refractivity contribution in [2.24, 2.45) is 10.1 Å². The molecule has 0 aliphatic carbocycles. The third-order valence-electron chi connectivity index (χ3n) is 1.62. The summed E-state index contributed by atoms with van der Waals surface area (Å²) in [6.07, 6.45) is 0.0689. The molecule has 0 radical (unpaired) electrons. The van der Waals surface area contributed by atoms with E-state index in [4.69, 9.17) is 21.4 Å². The third-order valence-corrected chi connectivity index (χ3v) is 2.33. The summed E-state index contributed by atoms with van der Waals surface area (Å²) < 4.78 is 3.79. The zero-order valence-corrected chi connectivity index (χ0v) is 10.0. The lowest BCUT2D eigenvalue weighted by Gasteiger charge is -2.14. The van der Waals surface area contributed by atoms with E-state index >= 15 is 0 Å². The smallest absolute Gasteiger partial charge is 0.349 e. The van der Waals surface area contributed by atoms with Gasteiger partial charge in [0.15, 0.2) is 0 Å². The van der Waals surface area contributed by atoms with Gasteiger partial charge >= 0.3 is 11.9 Å². The quantitative estimate of drug-likeness (QED) is 0.209. The van der Waals surface area contributed by atoms with Gasteiger partial charge in [-0.05, 0) is 11.9 Å². The second-order valence-corrected chi connectivity index (χ2v) is 3.92. The van der Waals surface area contributed by atoms with Crippen LogP contribution >= 0.6 is 11.9 Å². The van der Waals surface area contributed by atoms with Crippen molar-refractivity contribution in [1.29, 1.82) is 5.41 Å². The maximum Gasteiger partial charge on any atom is 0.349 e. The Hall–Kier alpha value is -1.77. The maximum atomic E-state index is 10.4. The molecule has 96 valence electrons. The van der Waals surface area contributed by atoms with Crippen LogP contribution in [0.4, 0.5) is 0 Å². The summed E-state index contributed by atoms with van der Waals surface area (Å²) in [7, 11) is 1.48. The van der Waals surface area contributed by atoms with Crippen molar-refractivity contribution in [3.8, 4) is 0 Å². The van der Waals surface area contributed by atoms with E-state index in [0.717, 1.165) is 11.9 Å². The topological polar surface area (TPSA) is 140 Å². The fourth-order valence-electron chi connectivity index (χ4n) is 0.720. The van der Waals surface area contributed by atoms with Crippen LogP contribution < -0.4 is 5.73 Å². The second kappa shape index (κ2) is 7.49. The Balaban J connectivity index is 3.95. The van der Waals surface area contributed by atoms with Crippen molar-refractivity contribution in [2.45, 2.75) is 6.42 Å². The molecule has 0 amide bonds. The minimum Gasteiger partial charge on any atom is -0.480 e. The molecule has 0 saturated carbocycles. The largest absolute Gasteiger partial charge is 0.480 e. The van der Waals surface area contributed by atoms with Gasteiger partial charge in [-0.15, -0.1) is 0 Å². The summed E-state index contributed by atoms with van der Waals surface area (Å²) >= 11 is 0.987. The normalized spacial score (nSPS) is 11.0. The number of carboxylic acid groups (broad SMARTS) is 2. The molecule has 0 aromatic carbocycles. The van der Waals surface area contributed by atoms with E-state index in [1.807, 2.05) is 0 Å². The van der Waals surface area contributed by atoms with E-state index in [0.29, 0.717) is 5.75 Å².